The summed E-state index contributed by atoms with van der Waals surface area (Å²) < 4.78 is 8.04. The summed E-state index contributed by atoms with van der Waals surface area (Å²) in [6.45, 7) is 2.42. The minimum absolute atomic E-state index is 0.123. The van der Waals surface area contributed by atoms with Gasteiger partial charge >= 0.3 is 5.76 Å². The summed E-state index contributed by atoms with van der Waals surface area (Å²) in [5.74, 6) is -0.686. The highest BCUT2D eigenvalue weighted by Crippen LogP contribution is 2.21. The van der Waals surface area contributed by atoms with E-state index in [-0.39, 0.29) is 37.0 Å². The van der Waals surface area contributed by atoms with Gasteiger partial charge in [0, 0.05) is 25.1 Å². The number of carbonyl (C=O) groups excluding carboxylic acids is 1. The highest BCUT2D eigenvalue weighted by molar-refractivity contribution is 7.13. The van der Waals surface area contributed by atoms with E-state index in [0.717, 1.165) is 10.6 Å². The van der Waals surface area contributed by atoms with Gasteiger partial charge in [-0.3, -0.25) is 14.2 Å². The molecule has 0 aliphatic heterocycles. The molecular formula is C22H22N4O4S. The molecule has 0 aliphatic carbocycles. The molecule has 8 nitrogen and oxygen atoms in total. The average Bonchev–Trinajstić information content (AvgIpc) is 3.41. The van der Waals surface area contributed by atoms with Crippen LogP contribution >= 0.6 is 11.3 Å². The fourth-order valence-electron chi connectivity index (χ4n) is 3.36. The molecule has 160 valence electrons. The lowest BCUT2D eigenvalue weighted by Crippen LogP contribution is -2.40. The number of oxazole rings is 1. The van der Waals surface area contributed by atoms with Gasteiger partial charge < -0.3 is 9.73 Å². The Labute approximate surface area is 181 Å². The summed E-state index contributed by atoms with van der Waals surface area (Å²) in [7, 11) is 0. The first-order valence-corrected chi connectivity index (χ1v) is 10.9. The van der Waals surface area contributed by atoms with E-state index in [1.165, 1.54) is 15.3 Å². The number of thiophene rings is 1. The third-order valence-corrected chi connectivity index (χ3v) is 5.92. The number of aromatic nitrogens is 3. The molecule has 0 saturated carbocycles. The van der Waals surface area contributed by atoms with Crippen molar-refractivity contribution in [3.63, 3.8) is 0 Å². The Balaban J connectivity index is 1.42. The van der Waals surface area contributed by atoms with Crippen molar-refractivity contribution in [2.45, 2.75) is 38.9 Å². The predicted molar refractivity (Wildman–Crippen MR) is 119 cm³/mol. The first-order chi connectivity index (χ1) is 15.0. The van der Waals surface area contributed by atoms with Crippen LogP contribution in [0.4, 0.5) is 0 Å². The monoisotopic (exact) mass is 438 g/mol. The third kappa shape index (κ3) is 4.66. The van der Waals surface area contributed by atoms with Gasteiger partial charge in [-0.15, -0.1) is 11.3 Å². The Morgan fingerprint density at radius 1 is 1.16 bits per heavy atom. The molecule has 3 aromatic heterocycles. The van der Waals surface area contributed by atoms with Gasteiger partial charge in [0.15, 0.2) is 5.58 Å². The molecule has 1 aromatic carbocycles. The second-order valence-electron chi connectivity index (χ2n) is 7.13. The van der Waals surface area contributed by atoms with Crippen molar-refractivity contribution in [1.82, 2.24) is 19.7 Å². The minimum atomic E-state index is -0.484. The number of hydrogen-bond donors (Lipinski definition) is 1. The summed E-state index contributed by atoms with van der Waals surface area (Å²) >= 11 is 1.55. The normalized spacial score (nSPS) is 12.2. The molecule has 1 amide bonds. The van der Waals surface area contributed by atoms with Crippen molar-refractivity contribution in [2.75, 3.05) is 0 Å². The molecule has 0 spiro atoms. The van der Waals surface area contributed by atoms with Crippen molar-refractivity contribution in [3.05, 3.63) is 74.8 Å². The van der Waals surface area contributed by atoms with Gasteiger partial charge in [0.2, 0.25) is 5.91 Å². The topological polar surface area (TPSA) is 99.1 Å². The van der Waals surface area contributed by atoms with Crippen molar-refractivity contribution in [3.8, 4) is 10.6 Å². The zero-order valence-electron chi connectivity index (χ0n) is 17.0. The Morgan fingerprint density at radius 3 is 2.77 bits per heavy atom. The summed E-state index contributed by atoms with van der Waals surface area (Å²) in [5, 5.41) is 9.35. The zero-order valence-corrected chi connectivity index (χ0v) is 17.8. The largest absolute Gasteiger partial charge is 0.419 e. The van der Waals surface area contributed by atoms with E-state index in [2.05, 4.69) is 10.4 Å². The van der Waals surface area contributed by atoms with Gasteiger partial charge in [-0.05, 0) is 36.1 Å². The second-order valence-corrected chi connectivity index (χ2v) is 8.07. The van der Waals surface area contributed by atoms with Crippen molar-refractivity contribution < 1.29 is 9.21 Å². The maximum Gasteiger partial charge on any atom is 0.419 e. The van der Waals surface area contributed by atoms with E-state index in [1.54, 1.807) is 35.6 Å². The molecule has 1 N–H and O–H groups in total. The smallest absolute Gasteiger partial charge is 0.408 e. The van der Waals surface area contributed by atoms with E-state index < -0.39 is 5.76 Å². The molecule has 9 heteroatoms. The van der Waals surface area contributed by atoms with E-state index >= 15 is 0 Å². The highest BCUT2D eigenvalue weighted by atomic mass is 32.1. The van der Waals surface area contributed by atoms with Crippen LogP contribution in [-0.4, -0.2) is 26.3 Å². The van der Waals surface area contributed by atoms with Gasteiger partial charge in [-0.1, -0.05) is 25.1 Å². The lowest BCUT2D eigenvalue weighted by atomic mass is 10.2. The van der Waals surface area contributed by atoms with Crippen molar-refractivity contribution in [1.29, 1.82) is 0 Å². The standard InChI is InChI=1S/C22H22N4O4S/c1-2-15(14-26-21(28)10-9-16(24-26)19-8-5-13-31-19)23-20(27)11-12-25-17-6-3-4-7-18(17)30-22(25)29/h3-10,13,15H,2,11-12,14H2,1H3,(H,23,27)/t15-/m1/s1. The van der Waals surface area contributed by atoms with Crippen molar-refractivity contribution >= 4 is 28.3 Å². The van der Waals surface area contributed by atoms with Crippen LogP contribution in [0.5, 0.6) is 0 Å². The number of nitrogens with zero attached hydrogens (tertiary/aromatic N) is 3. The first kappa shape index (κ1) is 20.8. The number of rotatable bonds is 8. The second kappa shape index (κ2) is 9.13. The zero-order chi connectivity index (χ0) is 21.8. The lowest BCUT2D eigenvalue weighted by Gasteiger charge is -2.18. The lowest BCUT2D eigenvalue weighted by molar-refractivity contribution is -0.122. The number of carbonyl (C=O) groups is 1. The summed E-state index contributed by atoms with van der Waals surface area (Å²) in [5.41, 5.74) is 1.66. The van der Waals surface area contributed by atoms with Gasteiger partial charge in [0.05, 0.1) is 16.9 Å². The van der Waals surface area contributed by atoms with E-state index in [4.69, 9.17) is 4.42 Å². The van der Waals surface area contributed by atoms with Gasteiger partial charge in [0.25, 0.3) is 5.56 Å². The maximum atomic E-state index is 12.5. The Morgan fingerprint density at radius 2 is 2.00 bits per heavy atom. The number of para-hydroxylation sites is 2. The van der Waals surface area contributed by atoms with Crippen LogP contribution in [0.2, 0.25) is 0 Å². The molecular weight excluding hydrogens is 416 g/mol. The molecule has 4 aromatic rings. The van der Waals surface area contributed by atoms with Crippen LogP contribution in [0.3, 0.4) is 0 Å². The number of benzene rings is 1. The number of aryl methyl sites for hydroxylation is 1. The fourth-order valence-corrected chi connectivity index (χ4v) is 4.05. The van der Waals surface area contributed by atoms with E-state index in [9.17, 15) is 14.4 Å². The Bertz CT molecular complexity index is 1300. The Hall–Kier alpha value is -3.46. The molecule has 4 rings (SSSR count). The molecule has 0 unspecified atom stereocenters. The predicted octanol–water partition coefficient (Wildman–Crippen LogP) is 2.86. The van der Waals surface area contributed by atoms with Crippen LogP contribution in [0.25, 0.3) is 21.7 Å². The number of nitrogens with one attached hydrogen (secondary N) is 1. The number of amides is 1. The van der Waals surface area contributed by atoms with E-state index in [1.807, 2.05) is 30.5 Å². The van der Waals surface area contributed by atoms with Crippen LogP contribution < -0.4 is 16.6 Å². The molecule has 31 heavy (non-hydrogen) atoms. The van der Waals surface area contributed by atoms with Gasteiger partial charge in [-0.25, -0.2) is 9.48 Å². The Kier molecular flexibility index (Phi) is 6.13. The minimum Gasteiger partial charge on any atom is -0.408 e. The van der Waals surface area contributed by atoms with Gasteiger partial charge in [0.1, 0.15) is 5.69 Å². The third-order valence-electron chi connectivity index (χ3n) is 5.03. The SMILES string of the molecule is CC[C@H](Cn1nc(-c2cccs2)ccc1=O)NC(=O)CCn1c(=O)oc2ccccc21. The van der Waals surface area contributed by atoms with E-state index in [0.29, 0.717) is 17.5 Å². The summed E-state index contributed by atoms with van der Waals surface area (Å²) in [4.78, 5) is 37.8. The molecule has 1 atom stereocenters. The van der Waals surface area contributed by atoms with Crippen LogP contribution in [-0.2, 0) is 17.9 Å². The molecule has 0 aliphatic rings. The van der Waals surface area contributed by atoms with Crippen LogP contribution in [0, 0.1) is 0 Å². The summed E-state index contributed by atoms with van der Waals surface area (Å²) in [6.07, 6.45) is 0.759. The van der Waals surface area contributed by atoms with Gasteiger partial charge in [-0.2, -0.15) is 5.10 Å². The maximum absolute atomic E-state index is 12.5. The number of hydrogen-bond acceptors (Lipinski definition) is 6. The summed E-state index contributed by atoms with van der Waals surface area (Å²) in [6, 6.07) is 13.9. The fraction of sp³-hybridized carbons (Fsp3) is 0.273. The molecule has 0 fully saturated rings. The first-order valence-electron chi connectivity index (χ1n) is 10.0. The quantitative estimate of drug-likeness (QED) is 0.456. The van der Waals surface area contributed by atoms with Crippen LogP contribution in [0.15, 0.2) is 67.9 Å². The number of fused-ring (bicyclic) bond motifs is 1. The van der Waals surface area contributed by atoms with Crippen molar-refractivity contribution in [2.24, 2.45) is 0 Å². The highest BCUT2D eigenvalue weighted by Gasteiger charge is 2.15. The molecule has 0 saturated heterocycles. The van der Waals surface area contributed by atoms with Crippen LogP contribution in [0.1, 0.15) is 19.8 Å². The molecule has 0 bridgehead atoms. The average molecular weight is 439 g/mol. The molecule has 0 radical (unpaired) electrons. The molecule has 3 heterocycles.